The van der Waals surface area contributed by atoms with E-state index >= 15 is 0 Å². The third kappa shape index (κ3) is 14.0. The van der Waals surface area contributed by atoms with Crippen LogP contribution in [0.1, 0.15) is 84.5 Å². The number of ketones is 2. The lowest BCUT2D eigenvalue weighted by atomic mass is 9.91. The molecule has 4 N–H and O–H groups in total. The quantitative estimate of drug-likeness (QED) is 0.123. The van der Waals surface area contributed by atoms with Crippen molar-refractivity contribution in [3.8, 4) is 0 Å². The van der Waals surface area contributed by atoms with Crippen LogP contribution in [0.3, 0.4) is 0 Å². The van der Waals surface area contributed by atoms with Gasteiger partial charge in [0.15, 0.2) is 18.2 Å². The molecule has 0 saturated carbocycles. The standard InChI is InChI=1S/C34H49N5O9/c1-21(2)19-27(41)35-18-16-29(43)39-25(9-8-17-36-39)32(45)31(22(3)4)38-28(42)20-47-30(44)15-14-26(40)23-10-12-24(13-11-23)37-33(46)48-34(5,6)7/h10-15,21-22,25,31,36H,8-9,16-20H2,1-7H3,(H,35,41)(H,37,46)(H,38,42)/b15-14+/t25-,31+/m0/s1. The molecular weight excluding hydrogens is 622 g/mol. The average Bonchev–Trinajstić information content (AvgIpc) is 3.00. The van der Waals surface area contributed by atoms with Crippen LogP contribution in [-0.2, 0) is 33.4 Å². The van der Waals surface area contributed by atoms with E-state index in [4.69, 9.17) is 9.47 Å². The van der Waals surface area contributed by atoms with Gasteiger partial charge in [-0.2, -0.15) is 0 Å². The Morgan fingerprint density at radius 3 is 2.25 bits per heavy atom. The number of hydrazine groups is 1. The van der Waals surface area contributed by atoms with Crippen LogP contribution < -0.4 is 21.4 Å². The molecule has 14 heteroatoms. The molecule has 4 amide bonds. The number of benzene rings is 1. The molecule has 48 heavy (non-hydrogen) atoms. The summed E-state index contributed by atoms with van der Waals surface area (Å²) in [4.78, 5) is 87.8. The molecule has 0 aliphatic carbocycles. The number of carbonyl (C=O) groups is 7. The molecule has 14 nitrogen and oxygen atoms in total. The van der Waals surface area contributed by atoms with E-state index < -0.39 is 48.0 Å². The molecule has 1 aliphatic rings. The summed E-state index contributed by atoms with van der Waals surface area (Å²) in [5.41, 5.74) is 2.96. The molecule has 0 spiro atoms. The van der Waals surface area contributed by atoms with Crippen molar-refractivity contribution in [2.75, 3.05) is 25.0 Å². The van der Waals surface area contributed by atoms with Crippen molar-refractivity contribution >= 4 is 47.0 Å². The van der Waals surface area contributed by atoms with Crippen LogP contribution in [0, 0.1) is 11.8 Å². The highest BCUT2D eigenvalue weighted by atomic mass is 16.6. The summed E-state index contributed by atoms with van der Waals surface area (Å²) < 4.78 is 10.2. The lowest BCUT2D eigenvalue weighted by Gasteiger charge is -2.37. The number of carbonyl (C=O) groups excluding carboxylic acids is 7. The number of ether oxygens (including phenoxy) is 2. The molecular formula is C34H49N5O9. The minimum Gasteiger partial charge on any atom is -0.452 e. The highest BCUT2D eigenvalue weighted by molar-refractivity contribution is 6.07. The largest absolute Gasteiger partial charge is 0.452 e. The first-order valence-electron chi connectivity index (χ1n) is 16.1. The van der Waals surface area contributed by atoms with E-state index in [-0.39, 0.29) is 48.0 Å². The molecule has 1 saturated heterocycles. The molecule has 264 valence electrons. The number of Topliss-reactive ketones (excluding diaryl/α,β-unsaturated/α-hetero) is 1. The van der Waals surface area contributed by atoms with Gasteiger partial charge in [0.1, 0.15) is 11.6 Å². The van der Waals surface area contributed by atoms with Crippen molar-refractivity contribution in [1.29, 1.82) is 0 Å². The first-order valence-corrected chi connectivity index (χ1v) is 16.1. The first-order chi connectivity index (χ1) is 22.5. The number of hydrogen-bond donors (Lipinski definition) is 4. The Balaban J connectivity index is 1.89. The van der Waals surface area contributed by atoms with E-state index in [2.05, 4.69) is 21.4 Å². The van der Waals surface area contributed by atoms with Crippen LogP contribution in [0.25, 0.3) is 0 Å². The van der Waals surface area contributed by atoms with Gasteiger partial charge in [0.05, 0.1) is 6.04 Å². The van der Waals surface area contributed by atoms with Gasteiger partial charge in [0, 0.05) is 43.3 Å². The van der Waals surface area contributed by atoms with E-state index in [9.17, 15) is 33.6 Å². The van der Waals surface area contributed by atoms with Crippen molar-refractivity contribution in [2.45, 2.75) is 91.8 Å². The molecule has 1 fully saturated rings. The minimum absolute atomic E-state index is 0.00189. The minimum atomic E-state index is -0.966. The monoisotopic (exact) mass is 671 g/mol. The Morgan fingerprint density at radius 1 is 0.979 bits per heavy atom. The fraction of sp³-hybridized carbons (Fsp3) is 0.559. The maximum atomic E-state index is 13.6. The Hall–Kier alpha value is -4.59. The Labute approximate surface area is 281 Å². The van der Waals surface area contributed by atoms with E-state index in [1.165, 1.54) is 29.3 Å². The number of nitrogens with zero attached hydrogens (tertiary/aromatic N) is 1. The predicted octanol–water partition coefficient (Wildman–Crippen LogP) is 3.07. The normalized spacial score (nSPS) is 15.5. The number of hydrogen-bond acceptors (Lipinski definition) is 10. The molecule has 1 aromatic rings. The summed E-state index contributed by atoms with van der Waals surface area (Å²) in [5.74, 6) is -3.20. The lowest BCUT2D eigenvalue weighted by Crippen LogP contribution is -2.61. The summed E-state index contributed by atoms with van der Waals surface area (Å²) in [6, 6.07) is 4.14. The summed E-state index contributed by atoms with van der Waals surface area (Å²) in [7, 11) is 0. The van der Waals surface area contributed by atoms with Crippen LogP contribution in [0.2, 0.25) is 0 Å². The van der Waals surface area contributed by atoms with Gasteiger partial charge in [0.25, 0.3) is 5.91 Å². The van der Waals surface area contributed by atoms with Crippen LogP contribution in [0.15, 0.2) is 36.4 Å². The zero-order valence-electron chi connectivity index (χ0n) is 28.8. The fourth-order valence-electron chi connectivity index (χ4n) is 4.69. The Bertz CT molecular complexity index is 1350. The van der Waals surface area contributed by atoms with E-state index in [0.717, 1.165) is 12.2 Å². The SMILES string of the molecule is CC(C)CC(=O)NCCC(=O)N1NCCC[C@H]1C(=O)[C@H](NC(=O)COC(=O)/C=C/C(=O)c1ccc(NC(=O)OC(C)(C)C)cc1)C(C)C. The number of anilines is 1. The molecule has 0 aromatic heterocycles. The highest BCUT2D eigenvalue weighted by Gasteiger charge is 2.37. The van der Waals surface area contributed by atoms with Crippen molar-refractivity contribution in [3.05, 3.63) is 42.0 Å². The molecule has 2 rings (SSSR count). The predicted molar refractivity (Wildman–Crippen MR) is 177 cm³/mol. The molecule has 0 bridgehead atoms. The smallest absolute Gasteiger partial charge is 0.412 e. The molecule has 2 atom stereocenters. The maximum Gasteiger partial charge on any atom is 0.412 e. The van der Waals surface area contributed by atoms with Gasteiger partial charge in [-0.25, -0.2) is 15.0 Å². The number of rotatable bonds is 15. The number of esters is 1. The Morgan fingerprint density at radius 2 is 1.65 bits per heavy atom. The van der Waals surface area contributed by atoms with Crippen LogP contribution in [-0.4, -0.2) is 83.7 Å². The van der Waals surface area contributed by atoms with Crippen molar-refractivity contribution in [1.82, 2.24) is 21.1 Å². The van der Waals surface area contributed by atoms with E-state index in [0.29, 0.717) is 31.5 Å². The number of allylic oxidation sites excluding steroid dienone is 1. The van der Waals surface area contributed by atoms with E-state index in [1.807, 2.05) is 13.8 Å². The molecule has 1 aliphatic heterocycles. The van der Waals surface area contributed by atoms with Crippen LogP contribution in [0.4, 0.5) is 10.5 Å². The molecule has 0 radical (unpaired) electrons. The lowest BCUT2D eigenvalue weighted by molar-refractivity contribution is -0.148. The topological polar surface area (TPSA) is 189 Å². The van der Waals surface area contributed by atoms with Crippen molar-refractivity contribution in [2.24, 2.45) is 11.8 Å². The first kappa shape index (κ1) is 39.6. The zero-order chi connectivity index (χ0) is 36.0. The van der Waals surface area contributed by atoms with Crippen LogP contribution >= 0.6 is 0 Å². The maximum absolute atomic E-state index is 13.6. The van der Waals surface area contributed by atoms with Crippen molar-refractivity contribution < 1.29 is 43.0 Å². The fourth-order valence-corrected chi connectivity index (χ4v) is 4.69. The van der Waals surface area contributed by atoms with Gasteiger partial charge >= 0.3 is 12.1 Å². The second kappa shape index (κ2) is 18.7. The zero-order valence-corrected chi connectivity index (χ0v) is 28.8. The highest BCUT2D eigenvalue weighted by Crippen LogP contribution is 2.18. The van der Waals surface area contributed by atoms with Gasteiger partial charge in [0.2, 0.25) is 11.8 Å². The Kier molecular flexibility index (Phi) is 15.4. The average molecular weight is 672 g/mol. The summed E-state index contributed by atoms with van der Waals surface area (Å²) in [6.07, 6.45) is 2.62. The second-order valence-corrected chi connectivity index (χ2v) is 13.2. The van der Waals surface area contributed by atoms with Crippen LogP contribution in [0.5, 0.6) is 0 Å². The van der Waals surface area contributed by atoms with E-state index in [1.54, 1.807) is 34.6 Å². The molecule has 1 heterocycles. The molecule has 1 aromatic carbocycles. The molecule has 0 unspecified atom stereocenters. The number of nitrogens with one attached hydrogen (secondary N) is 4. The summed E-state index contributed by atoms with van der Waals surface area (Å²) >= 11 is 0. The third-order valence-electron chi connectivity index (χ3n) is 6.92. The van der Waals surface area contributed by atoms with Gasteiger partial charge in [-0.05, 0) is 75.8 Å². The van der Waals surface area contributed by atoms with Gasteiger partial charge in [-0.1, -0.05) is 27.7 Å². The summed E-state index contributed by atoms with van der Waals surface area (Å²) in [5, 5.41) is 9.17. The second-order valence-electron chi connectivity index (χ2n) is 13.2. The number of amides is 4. The van der Waals surface area contributed by atoms with Gasteiger partial charge in [-0.3, -0.25) is 34.3 Å². The third-order valence-corrected chi connectivity index (χ3v) is 6.92. The van der Waals surface area contributed by atoms with Gasteiger partial charge in [-0.15, -0.1) is 0 Å². The summed E-state index contributed by atoms with van der Waals surface area (Å²) in [6.45, 7) is 12.5. The van der Waals surface area contributed by atoms with Gasteiger partial charge < -0.3 is 20.1 Å². The van der Waals surface area contributed by atoms with Crippen molar-refractivity contribution in [3.63, 3.8) is 0 Å².